The summed E-state index contributed by atoms with van der Waals surface area (Å²) >= 11 is 6.36. The van der Waals surface area contributed by atoms with Crippen molar-refractivity contribution < 1.29 is 4.74 Å². The lowest BCUT2D eigenvalue weighted by atomic mass is 9.96. The highest BCUT2D eigenvalue weighted by molar-refractivity contribution is 6.32. The van der Waals surface area contributed by atoms with Crippen LogP contribution in [0.25, 0.3) is 5.65 Å². The molecule has 0 spiro atoms. The van der Waals surface area contributed by atoms with Gasteiger partial charge in [-0.05, 0) is 23.8 Å². The number of aromatic nitrogens is 4. The molecule has 3 aromatic rings. The molecule has 1 fully saturated rings. The normalized spacial score (nSPS) is 15.0. The first-order valence-electron chi connectivity index (χ1n) is 9.87. The Hall–Kier alpha value is -2.38. The van der Waals surface area contributed by atoms with Gasteiger partial charge in [0.15, 0.2) is 11.5 Å². The van der Waals surface area contributed by atoms with Crippen LogP contribution in [0, 0.1) is 5.92 Å². The third-order valence-electron chi connectivity index (χ3n) is 5.21. The maximum Gasteiger partial charge on any atom is 0.178 e. The van der Waals surface area contributed by atoms with Crippen molar-refractivity contribution >= 4 is 23.1 Å². The molecule has 8 heteroatoms. The van der Waals surface area contributed by atoms with Crippen LogP contribution >= 0.6 is 11.6 Å². The number of benzene rings is 1. The second-order valence-corrected chi connectivity index (χ2v) is 8.95. The molecule has 154 valence electrons. The predicted octanol–water partition coefficient (Wildman–Crippen LogP) is 3.31. The minimum absolute atomic E-state index is 0.103. The number of hydrogen-bond donors (Lipinski definition) is 1. The fourth-order valence-corrected chi connectivity index (χ4v) is 3.83. The first-order valence-corrected chi connectivity index (χ1v) is 10.2. The zero-order valence-corrected chi connectivity index (χ0v) is 18.1. The zero-order valence-electron chi connectivity index (χ0n) is 17.3. The Bertz CT molecular complexity index is 1010. The van der Waals surface area contributed by atoms with Gasteiger partial charge in [-0.25, -0.2) is 0 Å². The van der Waals surface area contributed by atoms with Crippen LogP contribution in [-0.4, -0.2) is 46.6 Å². The van der Waals surface area contributed by atoms with E-state index in [0.717, 1.165) is 49.0 Å². The average molecular weight is 415 g/mol. The fourth-order valence-electron chi connectivity index (χ4n) is 3.56. The van der Waals surface area contributed by atoms with Crippen LogP contribution in [0.1, 0.15) is 32.2 Å². The van der Waals surface area contributed by atoms with Crippen molar-refractivity contribution in [3.05, 3.63) is 46.7 Å². The summed E-state index contributed by atoms with van der Waals surface area (Å²) in [6.07, 6.45) is 0. The van der Waals surface area contributed by atoms with Crippen molar-refractivity contribution in [3.8, 4) is 5.75 Å². The minimum atomic E-state index is -0.103. The van der Waals surface area contributed by atoms with Gasteiger partial charge in [0.25, 0.3) is 0 Å². The van der Waals surface area contributed by atoms with Crippen LogP contribution in [-0.2, 0) is 12.0 Å². The van der Waals surface area contributed by atoms with E-state index in [1.54, 1.807) is 7.11 Å². The third kappa shape index (κ3) is 4.02. The monoisotopic (exact) mass is 414 g/mol. The topological polar surface area (TPSA) is 67.6 Å². The van der Waals surface area contributed by atoms with Crippen LogP contribution < -0.4 is 15.0 Å². The summed E-state index contributed by atoms with van der Waals surface area (Å²) in [6.45, 7) is 9.99. The van der Waals surface area contributed by atoms with E-state index in [4.69, 9.17) is 21.4 Å². The molecule has 29 heavy (non-hydrogen) atoms. The van der Waals surface area contributed by atoms with Gasteiger partial charge >= 0.3 is 0 Å². The van der Waals surface area contributed by atoms with Crippen molar-refractivity contribution in [2.45, 2.75) is 32.7 Å². The smallest absolute Gasteiger partial charge is 0.178 e. The lowest BCUT2D eigenvalue weighted by Gasteiger charge is -2.40. The van der Waals surface area contributed by atoms with Crippen molar-refractivity contribution in [2.75, 3.05) is 31.6 Å². The van der Waals surface area contributed by atoms with E-state index in [9.17, 15) is 0 Å². The van der Waals surface area contributed by atoms with Crippen molar-refractivity contribution in [1.82, 2.24) is 25.1 Å². The predicted molar refractivity (Wildman–Crippen MR) is 115 cm³/mol. The molecule has 2 aromatic heterocycles. The molecular weight excluding hydrogens is 388 g/mol. The number of rotatable bonds is 6. The van der Waals surface area contributed by atoms with Crippen molar-refractivity contribution in [3.63, 3.8) is 0 Å². The molecular formula is C21H27ClN6O. The molecule has 3 heterocycles. The van der Waals surface area contributed by atoms with E-state index in [2.05, 4.69) is 41.2 Å². The van der Waals surface area contributed by atoms with E-state index >= 15 is 0 Å². The maximum atomic E-state index is 6.36. The van der Waals surface area contributed by atoms with E-state index in [1.807, 2.05) is 34.8 Å². The summed E-state index contributed by atoms with van der Waals surface area (Å²) in [5.41, 5.74) is 1.73. The van der Waals surface area contributed by atoms with Gasteiger partial charge in [0.2, 0.25) is 0 Å². The van der Waals surface area contributed by atoms with Gasteiger partial charge in [-0.15, -0.1) is 15.3 Å². The lowest BCUT2D eigenvalue weighted by Crippen LogP contribution is -2.51. The van der Waals surface area contributed by atoms with E-state index in [0.29, 0.717) is 16.7 Å². The number of halogens is 1. The van der Waals surface area contributed by atoms with Gasteiger partial charge in [0, 0.05) is 37.5 Å². The van der Waals surface area contributed by atoms with E-state index < -0.39 is 0 Å². The first kappa shape index (κ1) is 19.9. The largest absolute Gasteiger partial charge is 0.495 e. The van der Waals surface area contributed by atoms with E-state index in [-0.39, 0.29) is 5.41 Å². The Labute approximate surface area is 176 Å². The number of nitrogens with zero attached hydrogens (tertiary/aromatic N) is 5. The standard InChI is InChI=1S/C21H27ClN6O/c1-21(2,3)20-25-24-17-8-9-18(26-28(17)20)27-12-14(13-27)10-23-11-15-6-5-7-16(29-4)19(15)22/h5-9,14,23H,10-13H2,1-4H3. The summed E-state index contributed by atoms with van der Waals surface area (Å²) in [6, 6.07) is 9.87. The summed E-state index contributed by atoms with van der Waals surface area (Å²) in [5, 5.41) is 17.5. The Morgan fingerprint density at radius 2 is 1.97 bits per heavy atom. The molecule has 0 radical (unpaired) electrons. The number of hydrogen-bond acceptors (Lipinski definition) is 6. The minimum Gasteiger partial charge on any atom is -0.495 e. The highest BCUT2D eigenvalue weighted by Gasteiger charge is 2.29. The third-order valence-corrected chi connectivity index (χ3v) is 5.64. The molecule has 0 unspecified atom stereocenters. The molecule has 1 aromatic carbocycles. The highest BCUT2D eigenvalue weighted by Crippen LogP contribution is 2.28. The van der Waals surface area contributed by atoms with Gasteiger partial charge in [0.1, 0.15) is 11.6 Å². The second kappa shape index (κ2) is 7.80. The SMILES string of the molecule is COc1cccc(CNCC2CN(c3ccc4nnc(C(C)(C)C)n4n3)C2)c1Cl. The molecule has 1 aliphatic heterocycles. The van der Waals surface area contributed by atoms with Crippen LogP contribution in [0.4, 0.5) is 5.82 Å². The molecule has 0 atom stereocenters. The van der Waals surface area contributed by atoms with Crippen LogP contribution in [0.2, 0.25) is 5.02 Å². The van der Waals surface area contributed by atoms with Crippen LogP contribution in [0.5, 0.6) is 5.75 Å². The molecule has 0 amide bonds. The highest BCUT2D eigenvalue weighted by atomic mass is 35.5. The molecule has 1 saturated heterocycles. The fraction of sp³-hybridized carbons (Fsp3) is 0.476. The number of anilines is 1. The number of ether oxygens (including phenoxy) is 1. The average Bonchev–Trinajstić information content (AvgIpc) is 3.08. The number of methoxy groups -OCH3 is 1. The molecule has 0 bridgehead atoms. The van der Waals surface area contributed by atoms with Gasteiger partial charge in [-0.3, -0.25) is 0 Å². The summed E-state index contributed by atoms with van der Waals surface area (Å²) in [4.78, 5) is 2.29. The van der Waals surface area contributed by atoms with Gasteiger partial charge in [-0.1, -0.05) is 44.5 Å². The number of fused-ring (bicyclic) bond motifs is 1. The van der Waals surface area contributed by atoms with E-state index in [1.165, 1.54) is 0 Å². The van der Waals surface area contributed by atoms with Gasteiger partial charge in [-0.2, -0.15) is 4.52 Å². The Morgan fingerprint density at radius 3 is 2.69 bits per heavy atom. The molecule has 1 aliphatic rings. The zero-order chi connectivity index (χ0) is 20.6. The maximum absolute atomic E-state index is 6.36. The molecule has 1 N–H and O–H groups in total. The Kier molecular flexibility index (Phi) is 5.36. The molecule has 4 rings (SSSR count). The van der Waals surface area contributed by atoms with Crippen molar-refractivity contribution in [2.24, 2.45) is 5.92 Å². The second-order valence-electron chi connectivity index (χ2n) is 8.57. The van der Waals surface area contributed by atoms with Crippen molar-refractivity contribution in [1.29, 1.82) is 0 Å². The lowest BCUT2D eigenvalue weighted by molar-refractivity contribution is 0.380. The summed E-state index contributed by atoms with van der Waals surface area (Å²) in [5.74, 6) is 3.14. The van der Waals surface area contributed by atoms with Crippen LogP contribution in [0.15, 0.2) is 30.3 Å². The Balaban J connectivity index is 1.33. The quantitative estimate of drug-likeness (QED) is 0.667. The van der Waals surface area contributed by atoms with Gasteiger partial charge in [0.05, 0.1) is 12.1 Å². The van der Waals surface area contributed by atoms with Gasteiger partial charge < -0.3 is 15.0 Å². The summed E-state index contributed by atoms with van der Waals surface area (Å²) in [7, 11) is 1.64. The molecule has 7 nitrogen and oxygen atoms in total. The number of nitrogens with one attached hydrogen (secondary N) is 1. The molecule has 0 saturated carbocycles. The Morgan fingerprint density at radius 1 is 1.17 bits per heavy atom. The molecule has 0 aliphatic carbocycles. The van der Waals surface area contributed by atoms with Crippen LogP contribution in [0.3, 0.4) is 0 Å². The first-order chi connectivity index (χ1) is 13.9. The summed E-state index contributed by atoms with van der Waals surface area (Å²) < 4.78 is 7.14.